The number of carbonyl (C=O) groups excluding carboxylic acids is 5. The van der Waals surface area contributed by atoms with Gasteiger partial charge < -0.3 is 24.6 Å². The molecule has 2 fully saturated rings. The molecule has 2 heterocycles. The molecule has 1 aliphatic heterocycles. The number of carbonyl (C=O) groups is 5. The van der Waals surface area contributed by atoms with Crippen molar-refractivity contribution in [2.45, 2.75) is 83.8 Å². The van der Waals surface area contributed by atoms with Crippen molar-refractivity contribution in [1.29, 1.82) is 0 Å². The third-order valence-corrected chi connectivity index (χ3v) is 7.75. The molecule has 2 aliphatic rings. The van der Waals surface area contributed by atoms with Crippen LogP contribution in [-0.2, 0) is 23.9 Å². The first-order valence-corrected chi connectivity index (χ1v) is 15.6. The minimum Gasteiger partial charge on any atom is -0.460 e. The number of piperazine rings is 1. The Balaban J connectivity index is 1.56. The second kappa shape index (κ2) is 15.1. The second-order valence-corrected chi connectivity index (χ2v) is 12.3. The van der Waals surface area contributed by atoms with E-state index < -0.39 is 29.6 Å². The molecule has 12 heteroatoms. The smallest absolute Gasteiger partial charge is 0.409 e. The van der Waals surface area contributed by atoms with E-state index in [2.05, 4.69) is 10.3 Å². The van der Waals surface area contributed by atoms with Crippen LogP contribution in [0.5, 0.6) is 0 Å². The zero-order valence-electron chi connectivity index (χ0n) is 26.5. The number of amides is 3. The van der Waals surface area contributed by atoms with E-state index in [0.717, 1.165) is 5.56 Å². The van der Waals surface area contributed by atoms with Crippen LogP contribution in [0.4, 0.5) is 4.79 Å². The summed E-state index contributed by atoms with van der Waals surface area (Å²) in [7, 11) is 0. The molecule has 0 spiro atoms. The first-order chi connectivity index (χ1) is 21.4. The van der Waals surface area contributed by atoms with E-state index in [1.807, 2.05) is 30.3 Å². The highest BCUT2D eigenvalue weighted by molar-refractivity contribution is 5.96. The van der Waals surface area contributed by atoms with Gasteiger partial charge in [-0.1, -0.05) is 30.3 Å². The molecular weight excluding hydrogens is 578 g/mol. The number of hydrogen-bond donors (Lipinski definition) is 1. The van der Waals surface area contributed by atoms with Crippen LogP contribution in [0.25, 0.3) is 11.4 Å². The van der Waals surface area contributed by atoms with Crippen LogP contribution in [0.3, 0.4) is 0 Å². The average Bonchev–Trinajstić information content (AvgIpc) is 3.02. The Labute approximate surface area is 263 Å². The number of benzene rings is 1. The third kappa shape index (κ3) is 9.57. The van der Waals surface area contributed by atoms with Gasteiger partial charge in [-0.3, -0.25) is 19.2 Å². The maximum atomic E-state index is 13.8. The van der Waals surface area contributed by atoms with Crippen molar-refractivity contribution < 1.29 is 33.4 Å². The van der Waals surface area contributed by atoms with Crippen molar-refractivity contribution in [3.05, 3.63) is 47.8 Å². The molecule has 45 heavy (non-hydrogen) atoms. The van der Waals surface area contributed by atoms with Gasteiger partial charge in [0.15, 0.2) is 5.82 Å². The Morgan fingerprint density at radius 2 is 1.62 bits per heavy atom. The van der Waals surface area contributed by atoms with E-state index in [0.29, 0.717) is 37.2 Å². The fourth-order valence-electron chi connectivity index (χ4n) is 5.43. The topological polar surface area (TPSA) is 148 Å². The van der Waals surface area contributed by atoms with Crippen LogP contribution in [0.1, 0.15) is 88.3 Å². The van der Waals surface area contributed by atoms with E-state index in [9.17, 15) is 24.0 Å². The Kier molecular flexibility index (Phi) is 11.2. The molecular formula is C33H43N5O7. The summed E-state index contributed by atoms with van der Waals surface area (Å²) in [6, 6.07) is 9.90. The Bertz CT molecular complexity index is 1370. The number of nitrogens with one attached hydrogen (secondary N) is 1. The molecule has 1 N–H and O–H groups in total. The largest absolute Gasteiger partial charge is 0.460 e. The van der Waals surface area contributed by atoms with E-state index in [1.165, 1.54) is 4.90 Å². The summed E-state index contributed by atoms with van der Waals surface area (Å²) in [5.74, 6) is -0.823. The van der Waals surface area contributed by atoms with E-state index >= 15 is 0 Å². The van der Waals surface area contributed by atoms with Gasteiger partial charge >= 0.3 is 12.1 Å². The summed E-state index contributed by atoms with van der Waals surface area (Å²) in [6.07, 6.45) is 1.70. The molecule has 1 aromatic carbocycles. The van der Waals surface area contributed by atoms with Gasteiger partial charge in [0.2, 0.25) is 5.91 Å². The lowest BCUT2D eigenvalue weighted by Gasteiger charge is -2.36. The van der Waals surface area contributed by atoms with Gasteiger partial charge in [-0.2, -0.15) is 0 Å². The minimum atomic E-state index is -1.04. The fraction of sp³-hybridized carbons (Fsp3) is 0.545. The molecule has 1 aliphatic carbocycles. The maximum absolute atomic E-state index is 13.8. The summed E-state index contributed by atoms with van der Waals surface area (Å²) in [6.45, 7) is 8.36. The lowest BCUT2D eigenvalue weighted by atomic mass is 9.86. The number of nitrogens with zero attached hydrogens (tertiary/aromatic N) is 4. The van der Waals surface area contributed by atoms with Crippen molar-refractivity contribution >= 4 is 29.7 Å². The molecule has 1 saturated heterocycles. The number of rotatable bonds is 9. The molecule has 1 aromatic heterocycles. The molecule has 3 amide bonds. The Morgan fingerprint density at radius 1 is 0.978 bits per heavy atom. The van der Waals surface area contributed by atoms with Crippen LogP contribution in [0.15, 0.2) is 36.4 Å². The molecule has 2 aromatic rings. The number of hydrogen-bond acceptors (Lipinski definition) is 9. The van der Waals surface area contributed by atoms with Gasteiger partial charge in [-0.15, -0.1) is 0 Å². The first-order valence-electron chi connectivity index (χ1n) is 15.6. The van der Waals surface area contributed by atoms with E-state index in [4.69, 9.17) is 14.5 Å². The van der Waals surface area contributed by atoms with Gasteiger partial charge in [-0.05, 0) is 53.0 Å². The second-order valence-electron chi connectivity index (χ2n) is 12.3. The molecule has 242 valence electrons. The van der Waals surface area contributed by atoms with Crippen LogP contribution < -0.4 is 5.32 Å². The third-order valence-electron chi connectivity index (χ3n) is 7.75. The summed E-state index contributed by atoms with van der Waals surface area (Å²) in [4.78, 5) is 76.6. The summed E-state index contributed by atoms with van der Waals surface area (Å²) >= 11 is 0. The summed E-state index contributed by atoms with van der Waals surface area (Å²) < 4.78 is 10.5. The standard InChI is InChI=1S/C33H43N5O7/c1-5-44-32(43)38-19-17-37(18-20-38)31(42)25(15-16-28(40)45-33(2,3)4)36-30(41)27-21-26(22-11-13-24(39)14-12-22)34-29(35-27)23-9-7-6-8-10-23/h6-10,21-22,25H,5,11-20H2,1-4H3,(H,36,41)/t25-/m0/s1. The monoisotopic (exact) mass is 621 g/mol. The fourth-order valence-corrected chi connectivity index (χ4v) is 5.43. The predicted molar refractivity (Wildman–Crippen MR) is 165 cm³/mol. The minimum absolute atomic E-state index is 0.00000325. The van der Waals surface area contributed by atoms with Crippen molar-refractivity contribution in [2.75, 3.05) is 32.8 Å². The zero-order valence-corrected chi connectivity index (χ0v) is 26.5. The molecule has 1 saturated carbocycles. The van der Waals surface area contributed by atoms with Gasteiger partial charge in [0.1, 0.15) is 23.1 Å². The Hall–Kier alpha value is -4.35. The van der Waals surface area contributed by atoms with Crippen LogP contribution in [0.2, 0.25) is 0 Å². The van der Waals surface area contributed by atoms with Crippen molar-refractivity contribution in [3.63, 3.8) is 0 Å². The normalized spacial score (nSPS) is 16.6. The highest BCUT2D eigenvalue weighted by Crippen LogP contribution is 2.31. The molecule has 0 unspecified atom stereocenters. The lowest BCUT2D eigenvalue weighted by Crippen LogP contribution is -2.56. The SMILES string of the molecule is CCOC(=O)N1CCN(C(=O)[C@H](CCC(=O)OC(C)(C)C)NC(=O)c2cc(C3CCC(=O)CC3)nc(-c3ccccc3)n2)CC1. The van der Waals surface area contributed by atoms with Gasteiger partial charge in [0.05, 0.1) is 6.61 Å². The number of aromatic nitrogens is 2. The van der Waals surface area contributed by atoms with Crippen molar-refractivity contribution in [2.24, 2.45) is 0 Å². The zero-order chi connectivity index (χ0) is 32.6. The highest BCUT2D eigenvalue weighted by atomic mass is 16.6. The Morgan fingerprint density at radius 3 is 2.24 bits per heavy atom. The van der Waals surface area contributed by atoms with E-state index in [-0.39, 0.29) is 68.9 Å². The first kappa shape index (κ1) is 33.5. The van der Waals surface area contributed by atoms with Gasteiger partial charge in [-0.25, -0.2) is 14.8 Å². The average molecular weight is 622 g/mol. The molecule has 0 radical (unpaired) electrons. The molecule has 0 bridgehead atoms. The van der Waals surface area contributed by atoms with Gasteiger partial charge in [0, 0.05) is 62.6 Å². The van der Waals surface area contributed by atoms with Crippen molar-refractivity contribution in [3.8, 4) is 11.4 Å². The van der Waals surface area contributed by atoms with Crippen LogP contribution in [-0.4, -0.2) is 93.9 Å². The molecule has 4 rings (SSSR count). The van der Waals surface area contributed by atoms with Crippen LogP contribution in [0, 0.1) is 0 Å². The number of ketones is 1. The van der Waals surface area contributed by atoms with E-state index in [1.54, 1.807) is 38.7 Å². The summed E-state index contributed by atoms with van der Waals surface area (Å²) in [5, 5.41) is 2.83. The molecule has 12 nitrogen and oxygen atoms in total. The number of Topliss-reactive ketones (excluding diaryl/α,β-unsaturated/α-hetero) is 1. The summed E-state index contributed by atoms with van der Waals surface area (Å²) in [5.41, 5.74) is 0.807. The van der Waals surface area contributed by atoms with Gasteiger partial charge in [0.25, 0.3) is 5.91 Å². The number of esters is 1. The van der Waals surface area contributed by atoms with Crippen LogP contribution >= 0.6 is 0 Å². The quantitative estimate of drug-likeness (QED) is 0.412. The van der Waals surface area contributed by atoms with Crippen molar-refractivity contribution in [1.82, 2.24) is 25.1 Å². The molecule has 1 atom stereocenters. The predicted octanol–water partition coefficient (Wildman–Crippen LogP) is 3.89. The number of ether oxygens (including phenoxy) is 2. The lowest BCUT2D eigenvalue weighted by molar-refractivity contribution is -0.155. The highest BCUT2D eigenvalue weighted by Gasteiger charge is 2.32. The maximum Gasteiger partial charge on any atom is 0.409 e.